The van der Waals surface area contributed by atoms with Gasteiger partial charge in [0.25, 0.3) is 0 Å². The van der Waals surface area contributed by atoms with Crippen LogP contribution >= 0.6 is 11.6 Å². The number of aryl methyl sites for hydroxylation is 1. The minimum Gasteiger partial charge on any atom is -0.489 e. The van der Waals surface area contributed by atoms with Crippen LogP contribution in [0.3, 0.4) is 0 Å². The first kappa shape index (κ1) is 13.9. The van der Waals surface area contributed by atoms with Gasteiger partial charge in [-0.3, -0.25) is 0 Å². The van der Waals surface area contributed by atoms with Crippen molar-refractivity contribution in [1.29, 1.82) is 0 Å². The molecule has 0 fully saturated rings. The van der Waals surface area contributed by atoms with Gasteiger partial charge in [0.05, 0.1) is 0 Å². The number of hydrogen-bond donors (Lipinski definition) is 2. The minimum atomic E-state index is -1.45. The molecule has 2 aromatic rings. The first-order valence-electron chi connectivity index (χ1n) is 5.90. The van der Waals surface area contributed by atoms with Gasteiger partial charge in [-0.15, -0.1) is 0 Å². The summed E-state index contributed by atoms with van der Waals surface area (Å²) in [5.74, 6) is 0.722. The van der Waals surface area contributed by atoms with Crippen molar-refractivity contribution in [3.05, 3.63) is 58.6 Å². The molecule has 0 radical (unpaired) electrons. The van der Waals surface area contributed by atoms with Crippen LogP contribution in [0.1, 0.15) is 11.1 Å². The molecule has 0 amide bonds. The van der Waals surface area contributed by atoms with Crippen molar-refractivity contribution >= 4 is 24.2 Å². The van der Waals surface area contributed by atoms with Crippen molar-refractivity contribution in [3.63, 3.8) is 0 Å². The zero-order valence-corrected chi connectivity index (χ0v) is 11.3. The molecule has 2 rings (SSSR count). The van der Waals surface area contributed by atoms with E-state index in [0.717, 1.165) is 16.9 Å². The second-order valence-corrected chi connectivity index (χ2v) is 4.75. The van der Waals surface area contributed by atoms with Crippen molar-refractivity contribution in [2.45, 2.75) is 13.5 Å². The summed E-state index contributed by atoms with van der Waals surface area (Å²) in [6.07, 6.45) is 0. The van der Waals surface area contributed by atoms with E-state index in [1.54, 1.807) is 18.2 Å². The predicted molar refractivity (Wildman–Crippen MR) is 76.8 cm³/mol. The smallest absolute Gasteiger partial charge is 0.488 e. The second kappa shape index (κ2) is 6.11. The van der Waals surface area contributed by atoms with E-state index in [0.29, 0.717) is 17.1 Å². The largest absolute Gasteiger partial charge is 0.489 e. The molecule has 19 heavy (non-hydrogen) atoms. The summed E-state index contributed by atoms with van der Waals surface area (Å²) in [6.45, 7) is 2.31. The van der Waals surface area contributed by atoms with Crippen LogP contribution in [0, 0.1) is 6.92 Å². The maximum absolute atomic E-state index is 9.08. The Kier molecular flexibility index (Phi) is 4.48. The maximum Gasteiger partial charge on any atom is 0.488 e. The van der Waals surface area contributed by atoms with Crippen LogP contribution in [-0.2, 0) is 6.61 Å². The minimum absolute atomic E-state index is 0.443. The van der Waals surface area contributed by atoms with Crippen molar-refractivity contribution in [2.75, 3.05) is 0 Å². The lowest BCUT2D eigenvalue weighted by Gasteiger charge is -2.10. The van der Waals surface area contributed by atoms with Gasteiger partial charge >= 0.3 is 7.12 Å². The molecular formula is C14H14BClO3. The number of benzene rings is 2. The molecule has 0 unspecified atom stereocenters. The molecule has 0 aromatic heterocycles. The van der Waals surface area contributed by atoms with Crippen LogP contribution in [-0.4, -0.2) is 17.2 Å². The van der Waals surface area contributed by atoms with E-state index >= 15 is 0 Å². The molecular weight excluding hydrogens is 262 g/mol. The summed E-state index contributed by atoms with van der Waals surface area (Å²) in [5.41, 5.74) is 2.34. The fraction of sp³-hybridized carbons (Fsp3) is 0.143. The van der Waals surface area contributed by atoms with Crippen molar-refractivity contribution in [2.24, 2.45) is 0 Å². The van der Waals surface area contributed by atoms with E-state index < -0.39 is 7.12 Å². The Labute approximate surface area is 117 Å². The summed E-state index contributed by atoms with van der Waals surface area (Å²) >= 11 is 5.81. The Morgan fingerprint density at radius 2 is 1.79 bits per heavy atom. The van der Waals surface area contributed by atoms with E-state index in [-0.39, 0.29) is 0 Å². The quantitative estimate of drug-likeness (QED) is 0.839. The summed E-state index contributed by atoms with van der Waals surface area (Å²) in [7, 11) is -1.45. The van der Waals surface area contributed by atoms with E-state index in [4.69, 9.17) is 26.4 Å². The zero-order chi connectivity index (χ0) is 13.8. The van der Waals surface area contributed by atoms with Crippen LogP contribution in [0.25, 0.3) is 0 Å². The van der Waals surface area contributed by atoms with Gasteiger partial charge in [-0.1, -0.05) is 35.9 Å². The summed E-state index contributed by atoms with van der Waals surface area (Å²) in [5, 5.41) is 18.8. The van der Waals surface area contributed by atoms with Gasteiger partial charge in [0.1, 0.15) is 12.4 Å². The van der Waals surface area contributed by atoms with Crippen molar-refractivity contribution < 1.29 is 14.8 Å². The Balaban J connectivity index is 2.05. The molecule has 2 aromatic carbocycles. The number of hydrogen-bond acceptors (Lipinski definition) is 3. The average Bonchev–Trinajstić information content (AvgIpc) is 2.39. The van der Waals surface area contributed by atoms with Crippen molar-refractivity contribution in [3.8, 4) is 5.75 Å². The number of ether oxygens (including phenoxy) is 1. The van der Waals surface area contributed by atoms with Crippen molar-refractivity contribution in [1.82, 2.24) is 0 Å². The monoisotopic (exact) mass is 276 g/mol. The maximum atomic E-state index is 9.08. The Morgan fingerprint density at radius 3 is 2.37 bits per heavy atom. The van der Waals surface area contributed by atoms with E-state index in [1.165, 1.54) is 0 Å². The van der Waals surface area contributed by atoms with Gasteiger partial charge in [0.2, 0.25) is 0 Å². The molecule has 0 aliphatic carbocycles. The van der Waals surface area contributed by atoms with E-state index in [1.807, 2.05) is 31.2 Å². The summed E-state index contributed by atoms with van der Waals surface area (Å²) in [4.78, 5) is 0. The predicted octanol–water partition coefficient (Wildman–Crippen LogP) is 1.91. The van der Waals surface area contributed by atoms with Gasteiger partial charge in [0, 0.05) is 5.02 Å². The molecule has 3 nitrogen and oxygen atoms in total. The molecule has 0 aliphatic heterocycles. The highest BCUT2D eigenvalue weighted by molar-refractivity contribution is 6.58. The number of rotatable bonds is 4. The summed E-state index contributed by atoms with van der Waals surface area (Å²) in [6, 6.07) is 12.5. The first-order chi connectivity index (χ1) is 9.06. The molecule has 0 saturated heterocycles. The fourth-order valence-electron chi connectivity index (χ4n) is 1.74. The van der Waals surface area contributed by atoms with Crippen LogP contribution in [0.5, 0.6) is 5.75 Å². The third-order valence-electron chi connectivity index (χ3n) is 2.80. The van der Waals surface area contributed by atoms with Gasteiger partial charge in [-0.25, -0.2) is 0 Å². The van der Waals surface area contributed by atoms with Crippen LogP contribution in [0.15, 0.2) is 42.5 Å². The third-order valence-corrected chi connectivity index (χ3v) is 3.06. The Morgan fingerprint density at radius 1 is 1.11 bits per heavy atom. The Bertz CT molecular complexity index is 555. The molecule has 0 spiro atoms. The van der Waals surface area contributed by atoms with Gasteiger partial charge in [-0.05, 0) is 41.7 Å². The highest BCUT2D eigenvalue weighted by Gasteiger charge is 2.12. The standard InChI is InChI=1S/C14H14BClO3/c1-10-8-12(15(17)18)4-7-14(10)19-9-11-2-5-13(16)6-3-11/h2-8,17-18H,9H2,1H3. The topological polar surface area (TPSA) is 49.7 Å². The van der Waals surface area contributed by atoms with E-state index in [9.17, 15) is 0 Å². The molecule has 0 aliphatic rings. The van der Waals surface area contributed by atoms with Gasteiger partial charge in [0.15, 0.2) is 0 Å². The molecule has 0 heterocycles. The fourth-order valence-corrected chi connectivity index (χ4v) is 1.86. The van der Waals surface area contributed by atoms with Crippen LogP contribution < -0.4 is 10.2 Å². The molecule has 98 valence electrons. The third kappa shape index (κ3) is 3.74. The molecule has 0 saturated carbocycles. The molecule has 2 N–H and O–H groups in total. The molecule has 0 bridgehead atoms. The normalized spacial score (nSPS) is 10.3. The lowest BCUT2D eigenvalue weighted by molar-refractivity contribution is 0.304. The SMILES string of the molecule is Cc1cc(B(O)O)ccc1OCc1ccc(Cl)cc1. The molecule has 0 atom stereocenters. The highest BCUT2D eigenvalue weighted by atomic mass is 35.5. The van der Waals surface area contributed by atoms with Crippen LogP contribution in [0.2, 0.25) is 5.02 Å². The summed E-state index contributed by atoms with van der Waals surface area (Å²) < 4.78 is 5.69. The van der Waals surface area contributed by atoms with E-state index in [2.05, 4.69) is 0 Å². The average molecular weight is 277 g/mol. The first-order valence-corrected chi connectivity index (χ1v) is 6.28. The Hall–Kier alpha value is -1.49. The lowest BCUT2D eigenvalue weighted by Crippen LogP contribution is -2.29. The van der Waals surface area contributed by atoms with Gasteiger partial charge < -0.3 is 14.8 Å². The second-order valence-electron chi connectivity index (χ2n) is 4.31. The zero-order valence-electron chi connectivity index (χ0n) is 10.5. The highest BCUT2D eigenvalue weighted by Crippen LogP contribution is 2.18. The lowest BCUT2D eigenvalue weighted by atomic mass is 9.79. The van der Waals surface area contributed by atoms with Crippen LogP contribution in [0.4, 0.5) is 0 Å². The van der Waals surface area contributed by atoms with Gasteiger partial charge in [-0.2, -0.15) is 0 Å². The number of halogens is 1. The molecule has 5 heteroatoms.